The topological polar surface area (TPSA) is 49.8 Å². The van der Waals surface area contributed by atoms with Gasteiger partial charge >= 0.3 is 6.09 Å². The van der Waals surface area contributed by atoms with Crippen LogP contribution in [0.3, 0.4) is 0 Å². The molecule has 4 heteroatoms. The van der Waals surface area contributed by atoms with Gasteiger partial charge in [0.1, 0.15) is 6.61 Å². The van der Waals surface area contributed by atoms with Gasteiger partial charge in [-0.3, -0.25) is 0 Å². The minimum absolute atomic E-state index is 0.0238. The normalized spacial score (nSPS) is 22.3. The van der Waals surface area contributed by atoms with Gasteiger partial charge in [0.25, 0.3) is 0 Å². The van der Waals surface area contributed by atoms with Gasteiger partial charge < -0.3 is 14.7 Å². The number of amides is 1. The number of benzene rings is 2. The van der Waals surface area contributed by atoms with Crippen LogP contribution < -0.4 is 0 Å². The van der Waals surface area contributed by atoms with E-state index < -0.39 is 6.10 Å². The fraction of sp³-hybridized carbons (Fsp3) is 0.350. The first-order valence-electron chi connectivity index (χ1n) is 8.45. The van der Waals surface area contributed by atoms with E-state index >= 15 is 0 Å². The molecule has 4 rings (SSSR count). The number of carbonyl (C=O) groups excluding carboxylic acids is 1. The van der Waals surface area contributed by atoms with Crippen molar-refractivity contribution in [1.82, 2.24) is 4.90 Å². The van der Waals surface area contributed by atoms with E-state index in [2.05, 4.69) is 24.3 Å². The Hall–Kier alpha value is -2.33. The van der Waals surface area contributed by atoms with Gasteiger partial charge in [-0.15, -0.1) is 0 Å². The second-order valence-corrected chi connectivity index (χ2v) is 6.69. The van der Waals surface area contributed by atoms with Gasteiger partial charge in [-0.05, 0) is 35.6 Å². The second-order valence-electron chi connectivity index (χ2n) is 6.69. The quantitative estimate of drug-likeness (QED) is 0.921. The Balaban J connectivity index is 1.54. The zero-order valence-electron chi connectivity index (χ0n) is 13.7. The average molecular weight is 323 g/mol. The van der Waals surface area contributed by atoms with Crippen LogP contribution in [0, 0.1) is 0 Å². The number of hydrogen-bond donors (Lipinski definition) is 1. The largest absolute Gasteiger partial charge is 0.448 e. The number of nitrogens with zero attached hydrogens (tertiary/aromatic N) is 1. The molecule has 0 unspecified atom stereocenters. The van der Waals surface area contributed by atoms with Crippen molar-refractivity contribution in [2.75, 3.05) is 13.2 Å². The third kappa shape index (κ3) is 2.47. The standard InChI is InChI=1S/C20H21NO3/c1-13-10-14(22)11-21(13)20(23)24-12-19-17-8-4-2-6-15(17)16-7-3-5-9-18(16)19/h2-9,13-14,19,22H,10-12H2,1H3/t13-,14-/m0/s1. The molecule has 1 aliphatic heterocycles. The lowest BCUT2D eigenvalue weighted by Gasteiger charge is -2.22. The molecule has 1 saturated heterocycles. The Kier molecular flexibility index (Phi) is 3.77. The van der Waals surface area contributed by atoms with Gasteiger partial charge in [-0.2, -0.15) is 0 Å². The Morgan fingerprint density at radius 3 is 2.25 bits per heavy atom. The molecule has 1 N–H and O–H groups in total. The molecular weight excluding hydrogens is 302 g/mol. The highest BCUT2D eigenvalue weighted by atomic mass is 16.6. The van der Waals surface area contributed by atoms with Crippen LogP contribution in [0.1, 0.15) is 30.4 Å². The summed E-state index contributed by atoms with van der Waals surface area (Å²) in [5.74, 6) is 0.0733. The Bertz CT molecular complexity index is 727. The number of ether oxygens (including phenoxy) is 1. The molecule has 1 amide bonds. The summed E-state index contributed by atoms with van der Waals surface area (Å²) in [5.41, 5.74) is 4.86. The molecule has 2 aliphatic rings. The minimum atomic E-state index is -0.444. The summed E-state index contributed by atoms with van der Waals surface area (Å²) in [6.45, 7) is 2.63. The number of fused-ring (bicyclic) bond motifs is 3. The van der Waals surface area contributed by atoms with Gasteiger partial charge in [0.2, 0.25) is 0 Å². The predicted octanol–water partition coefficient (Wildman–Crippen LogP) is 3.39. The minimum Gasteiger partial charge on any atom is -0.448 e. The van der Waals surface area contributed by atoms with Crippen LogP contribution in [0.15, 0.2) is 48.5 Å². The van der Waals surface area contributed by atoms with Crippen molar-refractivity contribution in [1.29, 1.82) is 0 Å². The van der Waals surface area contributed by atoms with Crippen molar-refractivity contribution in [3.8, 4) is 11.1 Å². The van der Waals surface area contributed by atoms with Crippen molar-refractivity contribution in [3.63, 3.8) is 0 Å². The summed E-state index contributed by atoms with van der Waals surface area (Å²) >= 11 is 0. The van der Waals surface area contributed by atoms with E-state index in [1.807, 2.05) is 31.2 Å². The maximum Gasteiger partial charge on any atom is 0.410 e. The van der Waals surface area contributed by atoms with E-state index in [1.165, 1.54) is 22.3 Å². The van der Waals surface area contributed by atoms with Crippen LogP contribution in [0.25, 0.3) is 11.1 Å². The van der Waals surface area contributed by atoms with E-state index in [0.717, 1.165) is 0 Å². The highest BCUT2D eigenvalue weighted by Crippen LogP contribution is 2.44. The van der Waals surface area contributed by atoms with Crippen molar-refractivity contribution < 1.29 is 14.6 Å². The molecule has 124 valence electrons. The van der Waals surface area contributed by atoms with Crippen molar-refractivity contribution in [3.05, 3.63) is 59.7 Å². The van der Waals surface area contributed by atoms with E-state index in [4.69, 9.17) is 4.74 Å². The molecule has 1 aliphatic carbocycles. The lowest BCUT2D eigenvalue weighted by molar-refractivity contribution is 0.0929. The second kappa shape index (κ2) is 5.95. The first-order valence-corrected chi connectivity index (χ1v) is 8.45. The maximum absolute atomic E-state index is 12.4. The first kappa shape index (κ1) is 15.2. The van der Waals surface area contributed by atoms with E-state index in [0.29, 0.717) is 19.6 Å². The predicted molar refractivity (Wildman–Crippen MR) is 91.9 cm³/mol. The summed E-state index contributed by atoms with van der Waals surface area (Å²) in [7, 11) is 0. The number of aliphatic hydroxyl groups is 1. The molecule has 1 fully saturated rings. The van der Waals surface area contributed by atoms with Gasteiger partial charge in [-0.25, -0.2) is 4.79 Å². The highest BCUT2D eigenvalue weighted by Gasteiger charge is 2.34. The zero-order chi connectivity index (χ0) is 16.7. The molecule has 0 saturated carbocycles. The molecule has 2 aromatic carbocycles. The summed E-state index contributed by atoms with van der Waals surface area (Å²) in [4.78, 5) is 14.0. The summed E-state index contributed by atoms with van der Waals surface area (Å²) in [6, 6.07) is 16.6. The molecule has 0 bridgehead atoms. The van der Waals surface area contributed by atoms with Crippen LogP contribution in [-0.4, -0.2) is 41.4 Å². The van der Waals surface area contributed by atoms with Gasteiger partial charge in [-0.1, -0.05) is 48.5 Å². The van der Waals surface area contributed by atoms with Gasteiger partial charge in [0.05, 0.1) is 12.6 Å². The molecule has 0 spiro atoms. The van der Waals surface area contributed by atoms with Crippen LogP contribution in [0.4, 0.5) is 4.79 Å². The lowest BCUT2D eigenvalue weighted by atomic mass is 9.98. The average Bonchev–Trinajstić information content (AvgIpc) is 3.10. The number of hydrogen-bond acceptors (Lipinski definition) is 3. The smallest absolute Gasteiger partial charge is 0.410 e. The molecule has 1 heterocycles. The summed E-state index contributed by atoms with van der Waals surface area (Å²) < 4.78 is 5.62. The third-order valence-electron chi connectivity index (χ3n) is 5.12. The third-order valence-corrected chi connectivity index (χ3v) is 5.12. The number of carbonyl (C=O) groups is 1. The number of likely N-dealkylation sites (tertiary alicyclic amines) is 1. The monoisotopic (exact) mass is 323 g/mol. The Morgan fingerprint density at radius 1 is 1.12 bits per heavy atom. The fourth-order valence-electron chi connectivity index (χ4n) is 3.93. The molecule has 0 aromatic heterocycles. The highest BCUT2D eigenvalue weighted by molar-refractivity contribution is 5.79. The van der Waals surface area contributed by atoms with E-state index in [-0.39, 0.29) is 18.1 Å². The zero-order valence-corrected chi connectivity index (χ0v) is 13.7. The number of rotatable bonds is 2. The summed E-state index contributed by atoms with van der Waals surface area (Å²) in [6.07, 6.45) is -0.161. The molecule has 0 radical (unpaired) electrons. The Labute approximate surface area is 141 Å². The molecule has 24 heavy (non-hydrogen) atoms. The van der Waals surface area contributed by atoms with Crippen LogP contribution in [0.5, 0.6) is 0 Å². The molecule has 2 aromatic rings. The van der Waals surface area contributed by atoms with Crippen LogP contribution >= 0.6 is 0 Å². The van der Waals surface area contributed by atoms with Crippen LogP contribution in [0.2, 0.25) is 0 Å². The Morgan fingerprint density at radius 2 is 1.71 bits per heavy atom. The molecular formula is C20H21NO3. The van der Waals surface area contributed by atoms with Gasteiger partial charge in [0, 0.05) is 12.0 Å². The number of β-amino-alcohol motifs (C(OH)–C–C–N with tert-alkyl or cyclic N) is 1. The maximum atomic E-state index is 12.4. The summed E-state index contributed by atoms with van der Waals surface area (Å²) in [5, 5.41) is 9.71. The number of aliphatic hydroxyl groups excluding tert-OH is 1. The van der Waals surface area contributed by atoms with E-state index in [9.17, 15) is 9.90 Å². The van der Waals surface area contributed by atoms with E-state index in [1.54, 1.807) is 4.90 Å². The van der Waals surface area contributed by atoms with Gasteiger partial charge in [0.15, 0.2) is 0 Å². The van der Waals surface area contributed by atoms with Crippen LogP contribution in [-0.2, 0) is 4.74 Å². The first-order chi connectivity index (χ1) is 11.6. The SMILES string of the molecule is C[C@H]1C[C@H](O)CN1C(=O)OCC1c2ccccc2-c2ccccc21. The van der Waals surface area contributed by atoms with Crippen molar-refractivity contribution >= 4 is 6.09 Å². The fourth-order valence-corrected chi connectivity index (χ4v) is 3.93. The lowest BCUT2D eigenvalue weighted by Crippen LogP contribution is -2.35. The van der Waals surface area contributed by atoms with Crippen molar-refractivity contribution in [2.24, 2.45) is 0 Å². The molecule has 2 atom stereocenters. The van der Waals surface area contributed by atoms with Crippen molar-refractivity contribution in [2.45, 2.75) is 31.4 Å². The molecule has 4 nitrogen and oxygen atoms in total.